The first kappa shape index (κ1) is 19.7. The Bertz CT molecular complexity index is 721. The highest BCUT2D eigenvalue weighted by Gasteiger charge is 2.34. The predicted octanol–water partition coefficient (Wildman–Crippen LogP) is 3.85. The molecule has 28 heavy (non-hydrogen) atoms. The van der Waals surface area contributed by atoms with Crippen LogP contribution >= 0.6 is 11.8 Å². The van der Waals surface area contributed by atoms with Crippen molar-refractivity contribution in [3.05, 3.63) is 40.8 Å². The van der Waals surface area contributed by atoms with Gasteiger partial charge in [0.2, 0.25) is 0 Å². The molecule has 3 aliphatic heterocycles. The number of piperidine rings is 2. The maximum atomic E-state index is 13.2. The molecule has 3 aliphatic rings. The van der Waals surface area contributed by atoms with E-state index in [-0.39, 0.29) is 5.91 Å². The van der Waals surface area contributed by atoms with Crippen LogP contribution in [0, 0.1) is 0 Å². The Balaban J connectivity index is 1.51. The monoisotopic (exact) mass is 398 g/mol. The molecule has 0 saturated carbocycles. The number of likely N-dealkylation sites (tertiary alicyclic amines) is 2. The van der Waals surface area contributed by atoms with E-state index in [1.54, 1.807) is 0 Å². The number of amides is 1. The zero-order valence-electron chi connectivity index (χ0n) is 16.6. The molecule has 4 rings (SSSR count). The van der Waals surface area contributed by atoms with Crippen LogP contribution in [0.25, 0.3) is 6.08 Å². The first-order chi connectivity index (χ1) is 13.8. The number of rotatable bonds is 5. The molecule has 5 nitrogen and oxygen atoms in total. The summed E-state index contributed by atoms with van der Waals surface area (Å²) in [5.74, 6) is 0.0943. The van der Waals surface area contributed by atoms with E-state index >= 15 is 0 Å². The topological polar surface area (TPSA) is 39.2 Å². The Labute approximate surface area is 172 Å². The molecule has 0 atom stereocenters. The van der Waals surface area contributed by atoms with Gasteiger partial charge in [-0.25, -0.2) is 4.99 Å². The van der Waals surface area contributed by atoms with Gasteiger partial charge in [-0.05, 0) is 75.3 Å². The molecule has 0 spiro atoms. The highest BCUT2D eigenvalue weighted by Crippen LogP contribution is 2.33. The Morgan fingerprint density at radius 3 is 2.21 bits per heavy atom. The molecule has 0 unspecified atom stereocenters. The average Bonchev–Trinajstić information content (AvgIpc) is 3.03. The summed E-state index contributed by atoms with van der Waals surface area (Å²) in [5.41, 5.74) is 1.06. The van der Waals surface area contributed by atoms with Gasteiger partial charge in [-0.1, -0.05) is 43.2 Å². The smallest absolute Gasteiger partial charge is 0.267 e. The molecular formula is C22H30N4OS. The molecule has 150 valence electrons. The first-order valence-corrected chi connectivity index (χ1v) is 11.4. The molecular weight excluding hydrogens is 368 g/mol. The van der Waals surface area contributed by atoms with Crippen molar-refractivity contribution in [3.63, 3.8) is 0 Å². The fourth-order valence-electron chi connectivity index (χ4n) is 4.01. The standard InChI is InChI=1S/C22H30N4OS/c27-21-20(16-19-10-4-1-5-11-19)28-22(23-17-24-12-6-2-7-13-24)26(21)18-25-14-8-3-9-15-25/h1,4-5,10-11,16H,2-3,6-9,12-15,17-18H2/b20-16-,23-22?. The first-order valence-electron chi connectivity index (χ1n) is 10.6. The minimum atomic E-state index is 0.0943. The summed E-state index contributed by atoms with van der Waals surface area (Å²) < 4.78 is 0. The Morgan fingerprint density at radius 2 is 1.54 bits per heavy atom. The van der Waals surface area contributed by atoms with E-state index < -0.39 is 0 Å². The van der Waals surface area contributed by atoms with E-state index in [2.05, 4.69) is 9.80 Å². The molecule has 1 aromatic rings. The molecule has 0 aromatic heterocycles. The maximum absolute atomic E-state index is 13.2. The van der Waals surface area contributed by atoms with Crippen molar-refractivity contribution in [2.45, 2.75) is 38.5 Å². The fourth-order valence-corrected chi connectivity index (χ4v) is 4.98. The third-order valence-electron chi connectivity index (χ3n) is 5.63. The summed E-state index contributed by atoms with van der Waals surface area (Å²) in [6, 6.07) is 10.1. The van der Waals surface area contributed by atoms with Gasteiger partial charge >= 0.3 is 0 Å². The molecule has 3 heterocycles. The van der Waals surface area contributed by atoms with Crippen LogP contribution in [0.3, 0.4) is 0 Å². The Kier molecular flexibility index (Phi) is 6.83. The van der Waals surface area contributed by atoms with Gasteiger partial charge in [-0.3, -0.25) is 19.5 Å². The summed E-state index contributed by atoms with van der Waals surface area (Å²) in [7, 11) is 0. The van der Waals surface area contributed by atoms with Crippen LogP contribution < -0.4 is 0 Å². The summed E-state index contributed by atoms with van der Waals surface area (Å²) in [6.07, 6.45) is 9.59. The van der Waals surface area contributed by atoms with Crippen LogP contribution in [0.15, 0.2) is 40.2 Å². The Hall–Kier alpha value is -1.63. The van der Waals surface area contributed by atoms with Crippen molar-refractivity contribution in [1.82, 2.24) is 14.7 Å². The number of amidine groups is 1. The number of carbonyl (C=O) groups excluding carboxylic acids is 1. The highest BCUT2D eigenvalue weighted by molar-refractivity contribution is 8.18. The number of nitrogens with zero attached hydrogens (tertiary/aromatic N) is 4. The largest absolute Gasteiger partial charge is 0.286 e. The normalized spacial score (nSPS) is 25.1. The van der Waals surface area contributed by atoms with Crippen LogP contribution in [0.5, 0.6) is 0 Å². The van der Waals surface area contributed by atoms with Crippen LogP contribution in [0.1, 0.15) is 44.1 Å². The van der Waals surface area contributed by atoms with Gasteiger partial charge in [0, 0.05) is 0 Å². The Morgan fingerprint density at radius 1 is 0.893 bits per heavy atom. The maximum Gasteiger partial charge on any atom is 0.267 e. The van der Waals surface area contributed by atoms with Gasteiger partial charge in [0.15, 0.2) is 5.17 Å². The molecule has 1 amide bonds. The van der Waals surface area contributed by atoms with Gasteiger partial charge in [-0.15, -0.1) is 0 Å². The second-order valence-corrected chi connectivity index (χ2v) is 8.84. The number of benzene rings is 1. The molecule has 0 aliphatic carbocycles. The van der Waals surface area contributed by atoms with E-state index in [0.717, 1.165) is 41.8 Å². The lowest BCUT2D eigenvalue weighted by molar-refractivity contribution is -0.123. The van der Waals surface area contributed by atoms with E-state index in [1.807, 2.05) is 41.3 Å². The van der Waals surface area contributed by atoms with Crippen molar-refractivity contribution in [1.29, 1.82) is 0 Å². The SMILES string of the molecule is O=C1/C(=C/c2ccccc2)SC(=NCN2CCCCC2)N1CN1CCCCC1. The lowest BCUT2D eigenvalue weighted by Crippen LogP contribution is -2.43. The lowest BCUT2D eigenvalue weighted by Gasteiger charge is -2.30. The van der Waals surface area contributed by atoms with E-state index in [0.29, 0.717) is 13.3 Å². The summed E-state index contributed by atoms with van der Waals surface area (Å²) >= 11 is 1.53. The number of hydrogen-bond donors (Lipinski definition) is 0. The van der Waals surface area contributed by atoms with Gasteiger partial charge in [-0.2, -0.15) is 0 Å². The zero-order valence-corrected chi connectivity index (χ0v) is 17.4. The number of carbonyl (C=O) groups is 1. The summed E-state index contributed by atoms with van der Waals surface area (Å²) in [6.45, 7) is 5.75. The average molecular weight is 399 g/mol. The zero-order chi connectivity index (χ0) is 19.2. The van der Waals surface area contributed by atoms with Gasteiger partial charge < -0.3 is 0 Å². The number of hydrogen-bond acceptors (Lipinski definition) is 5. The third-order valence-corrected chi connectivity index (χ3v) is 6.67. The molecule has 6 heteroatoms. The van der Waals surface area contributed by atoms with Crippen LogP contribution in [0.2, 0.25) is 0 Å². The minimum absolute atomic E-state index is 0.0943. The second kappa shape index (κ2) is 9.72. The molecule has 3 saturated heterocycles. The van der Waals surface area contributed by atoms with Crippen molar-refractivity contribution >= 4 is 28.9 Å². The quantitative estimate of drug-likeness (QED) is 0.707. The van der Waals surface area contributed by atoms with Crippen molar-refractivity contribution in [2.24, 2.45) is 4.99 Å². The molecule has 1 aromatic carbocycles. The number of aliphatic imine (C=N–C) groups is 1. The summed E-state index contributed by atoms with van der Waals surface area (Å²) in [5, 5.41) is 0.864. The van der Waals surface area contributed by atoms with Gasteiger partial charge in [0.25, 0.3) is 5.91 Å². The third kappa shape index (κ3) is 5.04. The van der Waals surface area contributed by atoms with Crippen molar-refractivity contribution < 1.29 is 4.79 Å². The van der Waals surface area contributed by atoms with Crippen LogP contribution in [-0.4, -0.2) is 65.3 Å². The van der Waals surface area contributed by atoms with E-state index in [1.165, 1.54) is 50.3 Å². The predicted molar refractivity (Wildman–Crippen MR) is 117 cm³/mol. The van der Waals surface area contributed by atoms with E-state index in [9.17, 15) is 4.79 Å². The van der Waals surface area contributed by atoms with Crippen LogP contribution in [-0.2, 0) is 4.79 Å². The van der Waals surface area contributed by atoms with Gasteiger partial charge in [0.05, 0.1) is 18.2 Å². The van der Waals surface area contributed by atoms with Crippen molar-refractivity contribution in [2.75, 3.05) is 39.5 Å². The van der Waals surface area contributed by atoms with Crippen molar-refractivity contribution in [3.8, 4) is 0 Å². The number of thioether (sulfide) groups is 1. The minimum Gasteiger partial charge on any atom is -0.286 e. The summed E-state index contributed by atoms with van der Waals surface area (Å²) in [4.78, 5) is 25.5. The van der Waals surface area contributed by atoms with Crippen LogP contribution in [0.4, 0.5) is 0 Å². The van der Waals surface area contributed by atoms with E-state index in [4.69, 9.17) is 4.99 Å². The molecule has 3 fully saturated rings. The molecule has 0 N–H and O–H groups in total. The second-order valence-electron chi connectivity index (χ2n) is 7.84. The lowest BCUT2D eigenvalue weighted by atomic mass is 10.1. The van der Waals surface area contributed by atoms with Gasteiger partial charge in [0.1, 0.15) is 0 Å². The fraction of sp³-hybridized carbons (Fsp3) is 0.545. The molecule has 0 radical (unpaired) electrons. The molecule has 0 bridgehead atoms. The highest BCUT2D eigenvalue weighted by atomic mass is 32.2.